The quantitative estimate of drug-likeness (QED) is 0.0262. The number of allylic oxidation sites excluding steroid dienone is 16. The molecule has 0 saturated heterocycles. The van der Waals surface area contributed by atoms with Crippen molar-refractivity contribution in [3.05, 3.63) is 97.2 Å². The average Bonchev–Trinajstić information content (AvgIpc) is 3.30. The average molecular weight is 903 g/mol. The van der Waals surface area contributed by atoms with Crippen LogP contribution < -0.4 is 0 Å². The third kappa shape index (κ3) is 51.2. The number of esters is 3. The molecule has 0 amide bonds. The van der Waals surface area contributed by atoms with E-state index < -0.39 is 6.10 Å². The van der Waals surface area contributed by atoms with E-state index in [4.69, 9.17) is 14.2 Å². The van der Waals surface area contributed by atoms with Crippen molar-refractivity contribution >= 4 is 17.9 Å². The molecule has 0 radical (unpaired) electrons. The first kappa shape index (κ1) is 61.3. The van der Waals surface area contributed by atoms with E-state index in [0.29, 0.717) is 19.3 Å². The maximum Gasteiger partial charge on any atom is 0.306 e. The molecule has 1 atom stereocenters. The second-order valence-electron chi connectivity index (χ2n) is 17.4. The zero-order valence-corrected chi connectivity index (χ0v) is 42.2. The normalized spacial score (nSPS) is 12.8. The summed E-state index contributed by atoms with van der Waals surface area (Å²) in [5.74, 6) is -0.969. The molecule has 6 nitrogen and oxygen atoms in total. The van der Waals surface area contributed by atoms with Gasteiger partial charge in [-0.05, 0) is 122 Å². The van der Waals surface area contributed by atoms with Crippen LogP contribution in [0, 0.1) is 0 Å². The number of unbranched alkanes of at least 4 members (excludes halogenated alkanes) is 20. The van der Waals surface area contributed by atoms with Crippen LogP contribution >= 0.6 is 0 Å². The molecule has 0 aliphatic carbocycles. The molecule has 6 heteroatoms. The molecule has 0 aliphatic rings. The first-order valence-electron chi connectivity index (χ1n) is 26.7. The van der Waals surface area contributed by atoms with Crippen LogP contribution in [-0.4, -0.2) is 37.2 Å². The van der Waals surface area contributed by atoms with Crippen LogP contribution in [0.5, 0.6) is 0 Å². The zero-order valence-electron chi connectivity index (χ0n) is 42.2. The van der Waals surface area contributed by atoms with Gasteiger partial charge in [0.25, 0.3) is 0 Å². The van der Waals surface area contributed by atoms with Crippen LogP contribution in [-0.2, 0) is 28.6 Å². The lowest BCUT2D eigenvalue weighted by molar-refractivity contribution is -0.167. The van der Waals surface area contributed by atoms with Gasteiger partial charge in [-0.1, -0.05) is 195 Å². The van der Waals surface area contributed by atoms with E-state index >= 15 is 0 Å². The molecule has 0 N–H and O–H groups in total. The van der Waals surface area contributed by atoms with Crippen molar-refractivity contribution < 1.29 is 28.6 Å². The fraction of sp³-hybridized carbons (Fsp3) is 0.678. The van der Waals surface area contributed by atoms with Gasteiger partial charge in [-0.3, -0.25) is 14.4 Å². The largest absolute Gasteiger partial charge is 0.462 e. The maximum atomic E-state index is 12.8. The summed E-state index contributed by atoms with van der Waals surface area (Å²) in [6, 6.07) is 0. The van der Waals surface area contributed by atoms with Crippen molar-refractivity contribution in [1.29, 1.82) is 0 Å². The number of carbonyl (C=O) groups is 3. The van der Waals surface area contributed by atoms with E-state index in [-0.39, 0.29) is 37.5 Å². The molecule has 65 heavy (non-hydrogen) atoms. The minimum atomic E-state index is -0.809. The number of ether oxygens (including phenoxy) is 3. The predicted molar refractivity (Wildman–Crippen MR) is 279 cm³/mol. The standard InChI is InChI=1S/C59H98O6/c1-4-7-10-13-16-19-22-25-27-28-29-30-32-34-37-40-43-46-49-52-58(61)64-55-56(54-63-57(60)51-48-45-42-39-36-33-24-21-18-15-12-9-6-3)65-59(62)53-50-47-44-41-38-35-31-26-23-20-17-14-11-8-5-2/h8,11,16-17,19-21,24-27,29-31,38,41,56H,4-7,9-10,12-15,18,22-23,28,32-37,39-40,42-55H2,1-3H3/b11-8-,19-16-,20-17-,24-21-,27-25-,30-29-,31-26-,41-38-/t56-/m1/s1. The Labute approximate surface area is 400 Å². The van der Waals surface area contributed by atoms with E-state index in [0.717, 1.165) is 116 Å². The summed E-state index contributed by atoms with van der Waals surface area (Å²) in [5.41, 5.74) is 0. The van der Waals surface area contributed by atoms with Gasteiger partial charge in [-0.15, -0.1) is 0 Å². The molecule has 0 unspecified atom stereocenters. The molecule has 0 spiro atoms. The lowest BCUT2D eigenvalue weighted by atomic mass is 10.1. The molecule has 0 saturated carbocycles. The number of carbonyl (C=O) groups excluding carboxylic acids is 3. The highest BCUT2D eigenvalue weighted by molar-refractivity contribution is 5.71. The molecular weight excluding hydrogens is 805 g/mol. The van der Waals surface area contributed by atoms with Gasteiger partial charge >= 0.3 is 17.9 Å². The summed E-state index contributed by atoms with van der Waals surface area (Å²) >= 11 is 0. The number of hydrogen-bond acceptors (Lipinski definition) is 6. The predicted octanol–water partition coefficient (Wildman–Crippen LogP) is 17.8. The Balaban J connectivity index is 4.47. The van der Waals surface area contributed by atoms with Crippen LogP contribution in [0.2, 0.25) is 0 Å². The summed E-state index contributed by atoms with van der Waals surface area (Å²) in [4.78, 5) is 38.0. The zero-order chi connectivity index (χ0) is 47.2. The third-order valence-corrected chi connectivity index (χ3v) is 11.0. The Morgan fingerprint density at radius 1 is 0.323 bits per heavy atom. The first-order valence-corrected chi connectivity index (χ1v) is 26.7. The van der Waals surface area contributed by atoms with Crippen LogP contribution in [0.1, 0.15) is 239 Å². The van der Waals surface area contributed by atoms with Crippen LogP contribution in [0.4, 0.5) is 0 Å². The van der Waals surface area contributed by atoms with Crippen molar-refractivity contribution in [3.63, 3.8) is 0 Å². The maximum absolute atomic E-state index is 12.8. The van der Waals surface area contributed by atoms with Crippen molar-refractivity contribution in [2.45, 2.75) is 245 Å². The van der Waals surface area contributed by atoms with Gasteiger partial charge in [-0.25, -0.2) is 0 Å². The van der Waals surface area contributed by atoms with E-state index in [2.05, 4.69) is 118 Å². The topological polar surface area (TPSA) is 78.9 Å². The molecule has 0 aromatic heterocycles. The highest BCUT2D eigenvalue weighted by Crippen LogP contribution is 2.13. The van der Waals surface area contributed by atoms with Gasteiger partial charge in [-0.2, -0.15) is 0 Å². The fourth-order valence-corrected chi connectivity index (χ4v) is 7.02. The minimum Gasteiger partial charge on any atom is -0.462 e. The summed E-state index contributed by atoms with van der Waals surface area (Å²) in [6.07, 6.45) is 69.6. The van der Waals surface area contributed by atoms with Crippen molar-refractivity contribution in [2.24, 2.45) is 0 Å². The molecule has 0 aromatic carbocycles. The number of hydrogen-bond donors (Lipinski definition) is 0. The van der Waals surface area contributed by atoms with Gasteiger partial charge in [0.05, 0.1) is 0 Å². The summed E-state index contributed by atoms with van der Waals surface area (Å²) in [5, 5.41) is 0. The van der Waals surface area contributed by atoms with Crippen molar-refractivity contribution in [1.82, 2.24) is 0 Å². The molecule has 0 bridgehead atoms. The second-order valence-corrected chi connectivity index (χ2v) is 17.4. The molecule has 0 aromatic rings. The molecule has 0 rings (SSSR count). The fourth-order valence-electron chi connectivity index (χ4n) is 7.02. The van der Waals surface area contributed by atoms with Crippen molar-refractivity contribution in [2.75, 3.05) is 13.2 Å². The lowest BCUT2D eigenvalue weighted by Gasteiger charge is -2.18. The minimum absolute atomic E-state index is 0.104. The monoisotopic (exact) mass is 903 g/mol. The lowest BCUT2D eigenvalue weighted by Crippen LogP contribution is -2.30. The van der Waals surface area contributed by atoms with Crippen LogP contribution in [0.3, 0.4) is 0 Å². The Morgan fingerprint density at radius 3 is 1.02 bits per heavy atom. The number of rotatable bonds is 47. The SMILES string of the molecule is CC/C=C\C/C=C\C/C=C\C/C=C\CCCCC(=O)O[C@H](COC(=O)CCCCCCC/C=C\CCCCCC)COC(=O)CCCCCCCC/C=C\C/C=C\C/C=C\CCCCC. The molecular formula is C59H98O6. The van der Waals surface area contributed by atoms with Gasteiger partial charge in [0.15, 0.2) is 6.10 Å². The van der Waals surface area contributed by atoms with Gasteiger partial charge in [0.2, 0.25) is 0 Å². The van der Waals surface area contributed by atoms with Gasteiger partial charge < -0.3 is 14.2 Å². The van der Waals surface area contributed by atoms with Gasteiger partial charge in [0, 0.05) is 19.3 Å². The molecule has 0 fully saturated rings. The highest BCUT2D eigenvalue weighted by Gasteiger charge is 2.19. The molecule has 370 valence electrons. The van der Waals surface area contributed by atoms with Crippen LogP contribution in [0.15, 0.2) is 97.2 Å². The smallest absolute Gasteiger partial charge is 0.306 e. The van der Waals surface area contributed by atoms with E-state index in [1.54, 1.807) is 0 Å². The van der Waals surface area contributed by atoms with Crippen molar-refractivity contribution in [3.8, 4) is 0 Å². The first-order chi connectivity index (χ1) is 32.0. The Bertz CT molecular complexity index is 1310. The third-order valence-electron chi connectivity index (χ3n) is 11.0. The van der Waals surface area contributed by atoms with E-state index in [1.165, 1.54) is 77.0 Å². The summed E-state index contributed by atoms with van der Waals surface area (Å²) < 4.78 is 16.8. The van der Waals surface area contributed by atoms with E-state index in [1.807, 2.05) is 0 Å². The summed E-state index contributed by atoms with van der Waals surface area (Å²) in [6.45, 7) is 6.42. The molecule has 0 heterocycles. The Hall–Kier alpha value is -3.67. The summed E-state index contributed by atoms with van der Waals surface area (Å²) in [7, 11) is 0. The molecule has 0 aliphatic heterocycles. The Kier molecular flexibility index (Phi) is 50.0. The Morgan fingerprint density at radius 2 is 0.600 bits per heavy atom. The van der Waals surface area contributed by atoms with E-state index in [9.17, 15) is 14.4 Å². The second kappa shape index (κ2) is 52.9. The van der Waals surface area contributed by atoms with Gasteiger partial charge in [0.1, 0.15) is 13.2 Å². The highest BCUT2D eigenvalue weighted by atomic mass is 16.6. The van der Waals surface area contributed by atoms with Crippen LogP contribution in [0.25, 0.3) is 0 Å².